The first kappa shape index (κ1) is 17.0. The van der Waals surface area contributed by atoms with Gasteiger partial charge in [-0.3, -0.25) is 14.2 Å². The van der Waals surface area contributed by atoms with Gasteiger partial charge in [0.05, 0.1) is 5.39 Å². The van der Waals surface area contributed by atoms with Crippen molar-refractivity contribution in [3.63, 3.8) is 0 Å². The second kappa shape index (κ2) is 6.20. The highest BCUT2D eigenvalue weighted by Gasteiger charge is 2.21. The quantitative estimate of drug-likeness (QED) is 0.770. The summed E-state index contributed by atoms with van der Waals surface area (Å²) in [5, 5.41) is 3.40. The van der Waals surface area contributed by atoms with Gasteiger partial charge in [-0.15, -0.1) is 0 Å². The van der Waals surface area contributed by atoms with E-state index in [0.29, 0.717) is 16.9 Å². The zero-order valence-corrected chi connectivity index (χ0v) is 15.1. The molecule has 3 aromatic rings. The van der Waals surface area contributed by atoms with Gasteiger partial charge in [0.15, 0.2) is 0 Å². The molecule has 0 saturated heterocycles. The average Bonchev–Trinajstić information content (AvgIpc) is 2.90. The number of anilines is 1. The summed E-state index contributed by atoms with van der Waals surface area (Å²) in [6.07, 6.45) is 0. The summed E-state index contributed by atoms with van der Waals surface area (Å²) < 4.78 is 1.44. The third-order valence-electron chi connectivity index (χ3n) is 4.41. The van der Waals surface area contributed by atoms with E-state index in [0.717, 1.165) is 22.5 Å². The molecule has 0 bridgehead atoms. The molecule has 0 aliphatic heterocycles. The third-order valence-corrected chi connectivity index (χ3v) is 4.41. The molecule has 1 aromatic carbocycles. The van der Waals surface area contributed by atoms with Crippen LogP contribution in [0.2, 0.25) is 0 Å². The largest absolute Gasteiger partial charge is 0.343 e. The number of carbonyl (C=O) groups is 1. The van der Waals surface area contributed by atoms with Crippen molar-refractivity contribution in [1.82, 2.24) is 14.5 Å². The van der Waals surface area contributed by atoms with Crippen LogP contribution in [0.5, 0.6) is 0 Å². The molecule has 2 aromatic heterocycles. The molecule has 1 amide bonds. The fourth-order valence-corrected chi connectivity index (χ4v) is 3.08. The van der Waals surface area contributed by atoms with Crippen LogP contribution >= 0.6 is 0 Å². The molecule has 1 atom stereocenters. The van der Waals surface area contributed by atoms with E-state index in [1.54, 1.807) is 19.9 Å². The summed E-state index contributed by atoms with van der Waals surface area (Å²) in [5.74, 6) is 0.258. The van der Waals surface area contributed by atoms with E-state index < -0.39 is 6.04 Å². The topological polar surface area (TPSA) is 79.8 Å². The van der Waals surface area contributed by atoms with E-state index in [-0.39, 0.29) is 11.5 Å². The first-order valence-corrected chi connectivity index (χ1v) is 8.24. The monoisotopic (exact) mass is 338 g/mol. The van der Waals surface area contributed by atoms with E-state index in [1.165, 1.54) is 4.57 Å². The molecule has 3 rings (SSSR count). The van der Waals surface area contributed by atoms with E-state index in [1.807, 2.05) is 39.0 Å². The lowest BCUT2D eigenvalue weighted by Crippen LogP contribution is -2.33. The number of nitrogens with zero attached hydrogens (tertiary/aromatic N) is 2. The number of benzene rings is 1. The van der Waals surface area contributed by atoms with Crippen LogP contribution in [0.3, 0.4) is 0 Å². The number of aromatic amines is 1. The molecule has 130 valence electrons. The van der Waals surface area contributed by atoms with E-state index in [9.17, 15) is 9.59 Å². The van der Waals surface area contributed by atoms with Gasteiger partial charge in [0.25, 0.3) is 5.56 Å². The molecule has 1 unspecified atom stereocenters. The minimum atomic E-state index is -0.666. The molecular formula is C19H22N4O2. The van der Waals surface area contributed by atoms with E-state index >= 15 is 0 Å². The Morgan fingerprint density at radius 3 is 2.60 bits per heavy atom. The summed E-state index contributed by atoms with van der Waals surface area (Å²) >= 11 is 0. The number of rotatable bonds is 3. The van der Waals surface area contributed by atoms with Crippen LogP contribution in [0.1, 0.15) is 35.6 Å². The molecule has 2 heterocycles. The van der Waals surface area contributed by atoms with Gasteiger partial charge in [0.1, 0.15) is 17.5 Å². The van der Waals surface area contributed by atoms with Crippen molar-refractivity contribution in [2.24, 2.45) is 0 Å². The molecule has 6 nitrogen and oxygen atoms in total. The zero-order chi connectivity index (χ0) is 18.3. The first-order chi connectivity index (χ1) is 11.8. The molecule has 25 heavy (non-hydrogen) atoms. The second-order valence-electron chi connectivity index (χ2n) is 6.53. The number of hydrogen-bond donors (Lipinski definition) is 2. The molecule has 0 radical (unpaired) electrons. The van der Waals surface area contributed by atoms with Gasteiger partial charge >= 0.3 is 0 Å². The number of hydrogen-bond acceptors (Lipinski definition) is 3. The molecule has 0 saturated carbocycles. The number of aryl methyl sites for hydroxylation is 4. The third kappa shape index (κ3) is 3.07. The lowest BCUT2D eigenvalue weighted by Gasteiger charge is -2.18. The normalized spacial score (nSPS) is 12.4. The number of H-pyrrole nitrogens is 1. The minimum Gasteiger partial charge on any atom is -0.343 e. The van der Waals surface area contributed by atoms with E-state index in [2.05, 4.69) is 15.3 Å². The van der Waals surface area contributed by atoms with Crippen molar-refractivity contribution in [2.75, 3.05) is 5.32 Å². The van der Waals surface area contributed by atoms with Crippen molar-refractivity contribution < 1.29 is 4.79 Å². The van der Waals surface area contributed by atoms with Crippen LogP contribution in [-0.2, 0) is 4.79 Å². The van der Waals surface area contributed by atoms with Crippen molar-refractivity contribution in [3.8, 4) is 0 Å². The Labute approximate surface area is 145 Å². The van der Waals surface area contributed by atoms with Crippen LogP contribution in [-0.4, -0.2) is 20.4 Å². The van der Waals surface area contributed by atoms with Gasteiger partial charge in [-0.05, 0) is 52.3 Å². The first-order valence-electron chi connectivity index (χ1n) is 8.24. The number of carbonyl (C=O) groups excluding carboxylic acids is 1. The van der Waals surface area contributed by atoms with Crippen molar-refractivity contribution in [1.29, 1.82) is 0 Å². The number of aromatic nitrogens is 3. The van der Waals surface area contributed by atoms with Crippen LogP contribution in [0.4, 0.5) is 5.69 Å². The van der Waals surface area contributed by atoms with Gasteiger partial charge < -0.3 is 10.3 Å². The highest BCUT2D eigenvalue weighted by Crippen LogP contribution is 2.19. The van der Waals surface area contributed by atoms with Crippen LogP contribution in [0.15, 0.2) is 29.1 Å². The maximum Gasteiger partial charge on any atom is 0.263 e. The fourth-order valence-electron chi connectivity index (χ4n) is 3.08. The SMILES string of the molecule is Cc1ccc(NC(=O)C(C)n2c(C)nc3[nH]c(C)cc3c2=O)c(C)c1. The Bertz CT molecular complexity index is 1030. The summed E-state index contributed by atoms with van der Waals surface area (Å²) in [6, 6.07) is 6.92. The summed E-state index contributed by atoms with van der Waals surface area (Å²) in [6.45, 7) is 9.26. The summed E-state index contributed by atoms with van der Waals surface area (Å²) in [4.78, 5) is 33.0. The molecule has 0 aliphatic carbocycles. The average molecular weight is 338 g/mol. The van der Waals surface area contributed by atoms with Crippen LogP contribution in [0, 0.1) is 27.7 Å². The fraction of sp³-hybridized carbons (Fsp3) is 0.316. The maximum absolute atomic E-state index is 12.8. The van der Waals surface area contributed by atoms with Gasteiger partial charge in [0, 0.05) is 11.4 Å². The Hall–Kier alpha value is -2.89. The molecule has 2 N–H and O–H groups in total. The number of fused-ring (bicyclic) bond motifs is 1. The Morgan fingerprint density at radius 2 is 1.92 bits per heavy atom. The van der Waals surface area contributed by atoms with Crippen molar-refractivity contribution >= 4 is 22.6 Å². The maximum atomic E-state index is 12.8. The Kier molecular flexibility index (Phi) is 4.20. The number of amides is 1. The van der Waals surface area contributed by atoms with Gasteiger partial charge in [0.2, 0.25) is 5.91 Å². The highest BCUT2D eigenvalue weighted by molar-refractivity contribution is 5.94. The smallest absolute Gasteiger partial charge is 0.263 e. The molecule has 0 spiro atoms. The molecule has 0 fully saturated rings. The van der Waals surface area contributed by atoms with Crippen LogP contribution < -0.4 is 10.9 Å². The lowest BCUT2D eigenvalue weighted by molar-refractivity contribution is -0.118. The Morgan fingerprint density at radius 1 is 1.20 bits per heavy atom. The number of nitrogens with one attached hydrogen (secondary N) is 2. The van der Waals surface area contributed by atoms with Crippen molar-refractivity contribution in [3.05, 3.63) is 57.3 Å². The van der Waals surface area contributed by atoms with Gasteiger partial charge in [-0.1, -0.05) is 17.7 Å². The summed E-state index contributed by atoms with van der Waals surface area (Å²) in [7, 11) is 0. The Balaban J connectivity index is 1.97. The zero-order valence-electron chi connectivity index (χ0n) is 15.1. The minimum absolute atomic E-state index is 0.213. The molecule has 6 heteroatoms. The molecular weight excluding hydrogens is 316 g/mol. The van der Waals surface area contributed by atoms with Gasteiger partial charge in [-0.2, -0.15) is 0 Å². The second-order valence-corrected chi connectivity index (χ2v) is 6.53. The van der Waals surface area contributed by atoms with Crippen LogP contribution in [0.25, 0.3) is 11.0 Å². The van der Waals surface area contributed by atoms with Gasteiger partial charge in [-0.25, -0.2) is 4.98 Å². The summed E-state index contributed by atoms with van der Waals surface area (Å²) in [5.41, 5.74) is 4.07. The predicted octanol–water partition coefficient (Wildman–Crippen LogP) is 3.16. The predicted molar refractivity (Wildman–Crippen MR) is 99.1 cm³/mol. The molecule has 0 aliphatic rings. The lowest BCUT2D eigenvalue weighted by atomic mass is 10.1. The van der Waals surface area contributed by atoms with Crippen molar-refractivity contribution in [2.45, 2.75) is 40.7 Å². The standard InChI is InChI=1S/C19H22N4O2/c1-10-6-7-16(11(2)8-10)22-18(24)13(4)23-14(5)21-17-15(19(23)25)9-12(3)20-17/h6-9,13,20H,1-5H3,(H,22,24). The van der Waals surface area contributed by atoms with E-state index in [4.69, 9.17) is 0 Å². The highest BCUT2D eigenvalue weighted by atomic mass is 16.2.